The van der Waals surface area contributed by atoms with Gasteiger partial charge in [-0.25, -0.2) is 0 Å². The van der Waals surface area contributed by atoms with Crippen molar-refractivity contribution in [2.75, 3.05) is 0 Å². The summed E-state index contributed by atoms with van der Waals surface area (Å²) >= 11 is 4.96. The van der Waals surface area contributed by atoms with Crippen molar-refractivity contribution in [1.82, 2.24) is 0 Å². The predicted octanol–water partition coefficient (Wildman–Crippen LogP) is -0.0125. The summed E-state index contributed by atoms with van der Waals surface area (Å²) in [5.41, 5.74) is 0. The Labute approximate surface area is 86.3 Å². The Balaban J connectivity index is -0.00000000167. The molecule has 0 aliphatic rings. The normalized spacial score (nSPS) is 1.00. The second-order valence-electron chi connectivity index (χ2n) is 0. The van der Waals surface area contributed by atoms with Crippen LogP contribution in [0.15, 0.2) is 0 Å². The van der Waals surface area contributed by atoms with Crippen molar-refractivity contribution in [2.24, 2.45) is 0 Å². The maximum Gasteiger partial charge on any atom is 0 e. The van der Waals surface area contributed by atoms with Gasteiger partial charge in [0.2, 0.25) is 0 Å². The van der Waals surface area contributed by atoms with E-state index in [1.165, 1.54) is 0 Å². The molecule has 0 spiro atoms. The molecule has 0 aromatic carbocycles. The van der Waals surface area contributed by atoms with E-state index in [0.29, 0.717) is 0 Å². The van der Waals surface area contributed by atoms with Gasteiger partial charge in [0, 0.05) is 56.7 Å². The first-order chi connectivity index (χ1) is 1.00. The van der Waals surface area contributed by atoms with E-state index in [1.807, 2.05) is 0 Å². The molecule has 0 unspecified atom stereocenters. The average Bonchev–Trinajstić information content (AvgIpc) is 1.00. The van der Waals surface area contributed by atoms with Crippen LogP contribution in [-0.2, 0) is 87.8 Å². The summed E-state index contributed by atoms with van der Waals surface area (Å²) in [5, 5.41) is 0. The molecule has 0 nitrogen and oxygen atoms in total. The molecule has 0 aliphatic heterocycles. The van der Waals surface area contributed by atoms with Crippen molar-refractivity contribution in [3.8, 4) is 0 Å². The zero-order valence-corrected chi connectivity index (χ0v) is 10.5. The van der Waals surface area contributed by atoms with Crippen LogP contribution in [0.3, 0.4) is 0 Å². The van der Waals surface area contributed by atoms with Gasteiger partial charge in [-0.05, 0) is 0 Å². The SMILES string of the molecule is [Fe].[Fe][Mo].[V].[W]. The van der Waals surface area contributed by atoms with Gasteiger partial charge in [-0.15, -0.1) is 0 Å². The molecule has 0 bridgehead atoms. The maximum atomic E-state index is 3.26. The first-order valence-electron chi connectivity index (χ1n) is 0.144. The van der Waals surface area contributed by atoms with Crippen LogP contribution in [-0.4, -0.2) is 0 Å². The molecule has 5 heteroatoms. The van der Waals surface area contributed by atoms with E-state index in [-0.39, 0.29) is 56.7 Å². The standard InChI is InChI=1S/2Fe.Mo.V.W. The molecule has 0 heterocycles. The molecule has 0 amide bonds. The summed E-state index contributed by atoms with van der Waals surface area (Å²) in [7, 11) is 0. The summed E-state index contributed by atoms with van der Waals surface area (Å²) in [6.07, 6.45) is 0. The number of hydrogen-bond donors (Lipinski definition) is 0. The fourth-order valence-electron chi connectivity index (χ4n) is 0. The van der Waals surface area contributed by atoms with Crippen LogP contribution in [0.5, 0.6) is 0 Å². The molecule has 0 aliphatic carbocycles. The van der Waals surface area contributed by atoms with E-state index in [2.05, 4.69) is 13.4 Å². The molecule has 0 saturated heterocycles. The molecular formula is Fe2MoVW. The van der Waals surface area contributed by atoms with Gasteiger partial charge < -0.3 is 0 Å². The van der Waals surface area contributed by atoms with Gasteiger partial charge in [0.05, 0.1) is 0 Å². The van der Waals surface area contributed by atoms with E-state index < -0.39 is 0 Å². The Kier molecular flexibility index (Phi) is 137. The molecule has 0 saturated carbocycles. The predicted molar refractivity (Wildman–Crippen MR) is 0 cm³/mol. The van der Waals surface area contributed by atoms with Crippen LogP contribution in [0.2, 0.25) is 0 Å². The molecule has 1 radical (unpaired) electrons. The van der Waals surface area contributed by atoms with Crippen LogP contribution < -0.4 is 0 Å². The third-order valence-electron chi connectivity index (χ3n) is 0. The van der Waals surface area contributed by atoms with E-state index in [9.17, 15) is 0 Å². The van der Waals surface area contributed by atoms with Crippen LogP contribution >= 0.6 is 0 Å². The minimum Gasteiger partial charge on any atom is 0 e. The molecular weight excluding hydrogens is 442 g/mol. The largest absolute Gasteiger partial charge is 0 e. The summed E-state index contributed by atoms with van der Waals surface area (Å²) < 4.78 is 0. The molecule has 0 aromatic heterocycles. The quantitative estimate of drug-likeness (QED) is 0.463. The van der Waals surface area contributed by atoms with Gasteiger partial charge in [0.25, 0.3) is 0 Å². The number of hydrogen-bond acceptors (Lipinski definition) is 0. The third kappa shape index (κ3) is 19.4. The Hall–Kier alpha value is 3.00. The molecule has 0 rings (SSSR count). The van der Waals surface area contributed by atoms with Crippen molar-refractivity contribution in [3.05, 3.63) is 0 Å². The maximum absolute atomic E-state index is 3.26. The number of rotatable bonds is 0. The van der Waals surface area contributed by atoms with Crippen LogP contribution in [0.25, 0.3) is 0 Å². The second-order valence-corrected chi connectivity index (χ2v) is 0. The van der Waals surface area contributed by atoms with E-state index >= 15 is 0 Å². The van der Waals surface area contributed by atoms with Gasteiger partial charge in [-0.2, -0.15) is 0 Å². The van der Waals surface area contributed by atoms with Crippen molar-refractivity contribution >= 4 is 0 Å². The fraction of sp³-hybridized carbons (Fsp3) is 0. The molecule has 0 N–H and O–H groups in total. The zero-order valence-electron chi connectivity index (χ0n) is 1.97. The minimum absolute atomic E-state index is 0. The average molecular weight is 442 g/mol. The molecule has 0 atom stereocenters. The molecule has 5 heavy (non-hydrogen) atoms. The van der Waals surface area contributed by atoms with Crippen molar-refractivity contribution in [2.45, 2.75) is 0 Å². The van der Waals surface area contributed by atoms with Gasteiger partial charge in [0.15, 0.2) is 0 Å². The Bertz CT molecular complexity index is 9.61. The van der Waals surface area contributed by atoms with Crippen LogP contribution in [0, 0.1) is 0 Å². The van der Waals surface area contributed by atoms with E-state index in [4.69, 9.17) is 0 Å². The third-order valence-corrected chi connectivity index (χ3v) is 0. The van der Waals surface area contributed by atoms with Gasteiger partial charge in [-0.3, -0.25) is 0 Å². The Morgan fingerprint density at radius 1 is 1.20 bits per heavy atom. The minimum atomic E-state index is 0. The fourth-order valence-corrected chi connectivity index (χ4v) is 0. The van der Waals surface area contributed by atoms with Crippen molar-refractivity contribution < 1.29 is 87.8 Å². The summed E-state index contributed by atoms with van der Waals surface area (Å²) in [4.78, 5) is 0. The van der Waals surface area contributed by atoms with E-state index in [0.717, 1.165) is 0 Å². The van der Waals surface area contributed by atoms with Crippen molar-refractivity contribution in [1.29, 1.82) is 0 Å². The topological polar surface area (TPSA) is 0 Å². The molecule has 0 aromatic rings. The van der Waals surface area contributed by atoms with E-state index in [1.54, 1.807) is 17.7 Å². The van der Waals surface area contributed by atoms with Gasteiger partial charge in [0.1, 0.15) is 0 Å². The summed E-state index contributed by atoms with van der Waals surface area (Å²) in [5.74, 6) is 0. The first kappa shape index (κ1) is 24.5. The smallest absolute Gasteiger partial charge is 0 e. The van der Waals surface area contributed by atoms with Gasteiger partial charge in [-0.1, -0.05) is 0 Å². The van der Waals surface area contributed by atoms with Gasteiger partial charge >= 0.3 is 31.1 Å². The van der Waals surface area contributed by atoms with Crippen LogP contribution in [0.1, 0.15) is 0 Å². The monoisotopic (exact) mass is 445 g/mol. The molecule has 0 fully saturated rings. The Morgan fingerprint density at radius 2 is 1.20 bits per heavy atom. The summed E-state index contributed by atoms with van der Waals surface area (Å²) in [6.45, 7) is 0. The first-order valence-corrected chi connectivity index (χ1v) is 3.52. The van der Waals surface area contributed by atoms with Crippen molar-refractivity contribution in [3.63, 3.8) is 0 Å². The molecule has 33 valence electrons. The van der Waals surface area contributed by atoms with Crippen LogP contribution in [0.4, 0.5) is 0 Å². The summed E-state index contributed by atoms with van der Waals surface area (Å²) in [6, 6.07) is 0. The zero-order chi connectivity index (χ0) is 2.00. The second kappa shape index (κ2) is 28.0. The Morgan fingerprint density at radius 3 is 1.20 bits per heavy atom.